The number of hydrogen-bond acceptors (Lipinski definition) is 3. The summed E-state index contributed by atoms with van der Waals surface area (Å²) in [6.45, 7) is 6.11. The van der Waals surface area contributed by atoms with Crippen LogP contribution in [0.1, 0.15) is 96.8 Å². The summed E-state index contributed by atoms with van der Waals surface area (Å²) in [6, 6.07) is -0.544. The molecule has 30 heavy (non-hydrogen) atoms. The fourth-order valence-electron chi connectivity index (χ4n) is 3.28. The van der Waals surface area contributed by atoms with Crippen molar-refractivity contribution in [2.45, 2.75) is 103 Å². The normalized spacial score (nSPS) is 11.6. The number of unbranched alkanes of at least 4 members (excludes halogenated alkanes) is 12. The van der Waals surface area contributed by atoms with E-state index in [0.29, 0.717) is 12.2 Å². The number of carbonyl (C=O) groups is 2. The summed E-state index contributed by atoms with van der Waals surface area (Å²) >= 11 is 1.57. The van der Waals surface area contributed by atoms with Gasteiger partial charge in [-0.15, -0.1) is 6.42 Å². The van der Waals surface area contributed by atoms with Gasteiger partial charge in [0.2, 0.25) is 11.8 Å². The number of carbonyl (C=O) groups excluding carboxylic acids is 2. The van der Waals surface area contributed by atoms with E-state index in [1.807, 2.05) is 0 Å². The molecular formula is C25H44N2O2S. The molecule has 2 amide bonds. The van der Waals surface area contributed by atoms with E-state index in [2.05, 4.69) is 30.4 Å². The van der Waals surface area contributed by atoms with Gasteiger partial charge in [0.1, 0.15) is 6.04 Å². The molecule has 0 fully saturated rings. The van der Waals surface area contributed by atoms with Crippen molar-refractivity contribution in [3.05, 3.63) is 13.3 Å². The smallest absolute Gasteiger partial charge is 0.244 e. The van der Waals surface area contributed by atoms with Crippen molar-refractivity contribution in [1.29, 1.82) is 0 Å². The van der Waals surface area contributed by atoms with Gasteiger partial charge in [0, 0.05) is 12.2 Å². The Hall–Kier alpha value is -1.15. The molecule has 0 heterocycles. The highest BCUT2D eigenvalue weighted by Crippen LogP contribution is 2.13. The monoisotopic (exact) mass is 436 g/mol. The first-order valence-corrected chi connectivity index (χ1v) is 13.0. The summed E-state index contributed by atoms with van der Waals surface area (Å²) in [5.41, 5.74) is 0. The van der Waals surface area contributed by atoms with Crippen molar-refractivity contribution in [3.8, 4) is 12.3 Å². The summed E-state index contributed by atoms with van der Waals surface area (Å²) in [7, 11) is 0. The zero-order chi connectivity index (χ0) is 22.3. The minimum Gasteiger partial charge on any atom is -0.344 e. The molecule has 4 nitrogen and oxygen atoms in total. The average Bonchev–Trinajstić information content (AvgIpc) is 2.74. The summed E-state index contributed by atoms with van der Waals surface area (Å²) in [5, 5.41) is 5.51. The lowest BCUT2D eigenvalue weighted by atomic mass is 10.0. The predicted octanol–water partition coefficient (Wildman–Crippen LogP) is 5.47. The third kappa shape index (κ3) is 18.9. The second-order valence-corrected chi connectivity index (χ2v) is 8.94. The highest BCUT2D eigenvalue weighted by molar-refractivity contribution is 7.99. The molecule has 5 heteroatoms. The highest BCUT2D eigenvalue weighted by Gasteiger charge is 2.19. The molecule has 0 saturated carbocycles. The van der Waals surface area contributed by atoms with Crippen molar-refractivity contribution in [2.24, 2.45) is 0 Å². The Morgan fingerprint density at radius 2 is 1.50 bits per heavy atom. The number of terminal acetylenes is 1. The van der Waals surface area contributed by atoms with Crippen LogP contribution in [0.15, 0.2) is 0 Å². The van der Waals surface area contributed by atoms with Crippen molar-refractivity contribution < 1.29 is 9.59 Å². The van der Waals surface area contributed by atoms with Gasteiger partial charge < -0.3 is 10.6 Å². The van der Waals surface area contributed by atoms with Gasteiger partial charge in [-0.25, -0.2) is 0 Å². The number of thioether (sulfide) groups is 1. The van der Waals surface area contributed by atoms with E-state index in [-0.39, 0.29) is 18.4 Å². The average molecular weight is 437 g/mol. The van der Waals surface area contributed by atoms with Crippen molar-refractivity contribution in [3.63, 3.8) is 0 Å². The maximum absolute atomic E-state index is 12.2. The summed E-state index contributed by atoms with van der Waals surface area (Å²) in [4.78, 5) is 24.4. The van der Waals surface area contributed by atoms with Crippen LogP contribution in [0, 0.1) is 25.7 Å². The van der Waals surface area contributed by atoms with Gasteiger partial charge in [-0.2, -0.15) is 11.8 Å². The predicted molar refractivity (Wildman–Crippen MR) is 131 cm³/mol. The summed E-state index contributed by atoms with van der Waals surface area (Å²) in [5.74, 6) is 3.37. The van der Waals surface area contributed by atoms with E-state index in [9.17, 15) is 9.59 Å². The standard InChI is InChI=1S/C25H44N2O2S/c1-4-7-8-9-10-11-12-13-14-15-16-17-18-19-24(28)27-23(22-30-21-6-3)25(29)26-20-5-2/h2,6,23H,3-4,7-22H2,1H3,(H,26,29)(H,27,28)/t23-/m1/s1. The Morgan fingerprint density at radius 1 is 0.967 bits per heavy atom. The van der Waals surface area contributed by atoms with Crippen LogP contribution in [0.4, 0.5) is 0 Å². The lowest BCUT2D eigenvalue weighted by molar-refractivity contribution is -0.128. The van der Waals surface area contributed by atoms with E-state index in [0.717, 1.165) is 18.6 Å². The molecular weight excluding hydrogens is 392 g/mol. The molecule has 0 saturated heterocycles. The van der Waals surface area contributed by atoms with E-state index < -0.39 is 6.04 Å². The lowest BCUT2D eigenvalue weighted by Gasteiger charge is -2.17. The molecule has 0 rings (SSSR count). The Bertz CT molecular complexity index is 463. The van der Waals surface area contributed by atoms with Gasteiger partial charge in [0.05, 0.1) is 6.54 Å². The van der Waals surface area contributed by atoms with Gasteiger partial charge in [0.25, 0.3) is 0 Å². The van der Waals surface area contributed by atoms with Crippen LogP contribution >= 0.6 is 11.8 Å². The Balaban J connectivity index is 3.74. The number of amides is 2. The summed E-state index contributed by atoms with van der Waals surface area (Å²) < 4.78 is 0. The fraction of sp³-hybridized carbons (Fsp3) is 0.760. The second-order valence-electron chi connectivity index (χ2n) is 7.86. The lowest BCUT2D eigenvalue weighted by Crippen LogP contribution is -2.48. The molecule has 1 atom stereocenters. The molecule has 0 aromatic heterocycles. The van der Waals surface area contributed by atoms with Crippen LogP contribution in [0.5, 0.6) is 0 Å². The van der Waals surface area contributed by atoms with Gasteiger partial charge in [-0.3, -0.25) is 9.59 Å². The van der Waals surface area contributed by atoms with Crippen LogP contribution in [0.2, 0.25) is 0 Å². The first-order chi connectivity index (χ1) is 14.7. The van der Waals surface area contributed by atoms with E-state index >= 15 is 0 Å². The molecule has 2 N–H and O–H groups in total. The van der Waals surface area contributed by atoms with Crippen molar-refractivity contribution in [1.82, 2.24) is 10.6 Å². The summed E-state index contributed by atoms with van der Waals surface area (Å²) in [6.07, 6.45) is 24.1. The molecule has 2 radical (unpaired) electrons. The third-order valence-corrected chi connectivity index (χ3v) is 6.08. The van der Waals surface area contributed by atoms with Gasteiger partial charge in [0.15, 0.2) is 0 Å². The Labute approximate surface area is 190 Å². The quantitative estimate of drug-likeness (QED) is 0.185. The molecule has 0 aliphatic heterocycles. The maximum atomic E-state index is 12.2. The first-order valence-electron chi connectivity index (χ1n) is 11.8. The SMILES string of the molecule is C#CCNC(=O)[C@@H](CSC[CH][CH2])NC(=O)CCCCCCCCCCCCCCC. The molecule has 0 aliphatic carbocycles. The molecule has 172 valence electrons. The Kier molecular flexibility index (Phi) is 21.7. The molecule has 0 aromatic carbocycles. The van der Waals surface area contributed by atoms with Gasteiger partial charge in [-0.05, 0) is 25.5 Å². The first kappa shape index (κ1) is 28.9. The van der Waals surface area contributed by atoms with Crippen LogP contribution in [-0.2, 0) is 9.59 Å². The second kappa shape index (κ2) is 22.5. The Morgan fingerprint density at radius 3 is 2.00 bits per heavy atom. The molecule has 0 spiro atoms. The number of rotatable bonds is 21. The zero-order valence-electron chi connectivity index (χ0n) is 19.2. The largest absolute Gasteiger partial charge is 0.344 e. The molecule has 0 unspecified atom stereocenters. The highest BCUT2D eigenvalue weighted by atomic mass is 32.2. The third-order valence-electron chi connectivity index (χ3n) is 5.04. The van der Waals surface area contributed by atoms with E-state index in [1.165, 1.54) is 70.6 Å². The zero-order valence-corrected chi connectivity index (χ0v) is 20.0. The van der Waals surface area contributed by atoms with Crippen LogP contribution in [-0.4, -0.2) is 35.9 Å². The number of hydrogen-bond donors (Lipinski definition) is 2. The minimum atomic E-state index is -0.544. The van der Waals surface area contributed by atoms with Crippen LogP contribution in [0.3, 0.4) is 0 Å². The molecule has 0 aliphatic rings. The van der Waals surface area contributed by atoms with Crippen molar-refractivity contribution >= 4 is 23.6 Å². The van der Waals surface area contributed by atoms with E-state index in [4.69, 9.17) is 6.42 Å². The molecule has 0 bridgehead atoms. The minimum absolute atomic E-state index is 0.0573. The fourth-order valence-corrected chi connectivity index (χ4v) is 4.06. The van der Waals surface area contributed by atoms with Crippen LogP contribution < -0.4 is 10.6 Å². The van der Waals surface area contributed by atoms with Crippen molar-refractivity contribution in [2.75, 3.05) is 18.1 Å². The van der Waals surface area contributed by atoms with Crippen LogP contribution in [0.25, 0.3) is 0 Å². The van der Waals surface area contributed by atoms with Gasteiger partial charge in [-0.1, -0.05) is 89.9 Å². The van der Waals surface area contributed by atoms with E-state index in [1.54, 1.807) is 18.2 Å². The topological polar surface area (TPSA) is 58.2 Å². The van der Waals surface area contributed by atoms with Gasteiger partial charge >= 0.3 is 0 Å². The number of nitrogens with one attached hydrogen (secondary N) is 2. The maximum Gasteiger partial charge on any atom is 0.244 e. The molecule has 0 aromatic rings.